The molecule has 6 bridgehead atoms. The summed E-state index contributed by atoms with van der Waals surface area (Å²) in [7, 11) is 0. The first kappa shape index (κ1) is 34.2. The monoisotopic (exact) mass is 674 g/mol. The molecular weight excluding hydrogens is 628 g/mol. The Hall–Kier alpha value is -3.66. The minimum atomic E-state index is -1.23. The predicted octanol–water partition coefficient (Wildman–Crippen LogP) is 8.60. The van der Waals surface area contributed by atoms with E-state index in [2.05, 4.69) is 30.9 Å². The lowest BCUT2D eigenvalue weighted by Gasteiger charge is -2.41. The Morgan fingerprint density at radius 2 is 1.83 bits per heavy atom. The van der Waals surface area contributed by atoms with Gasteiger partial charge in [0.15, 0.2) is 11.8 Å². The van der Waals surface area contributed by atoms with E-state index in [4.69, 9.17) is 35.9 Å². The summed E-state index contributed by atoms with van der Waals surface area (Å²) in [6.07, 6.45) is 3.22. The molecule has 3 aliphatic heterocycles. The van der Waals surface area contributed by atoms with E-state index in [1.165, 1.54) is 0 Å². The van der Waals surface area contributed by atoms with Crippen molar-refractivity contribution in [3.8, 4) is 28.1 Å². The number of nitrogens with zero attached hydrogens (tertiary/aromatic N) is 4. The Morgan fingerprint density at radius 1 is 1.10 bits per heavy atom. The normalized spacial score (nSPS) is 21.2. The summed E-state index contributed by atoms with van der Waals surface area (Å²) in [6, 6.07) is 14.1. The highest BCUT2D eigenvalue weighted by Gasteiger charge is 2.38. The third kappa shape index (κ3) is 7.19. The van der Waals surface area contributed by atoms with Gasteiger partial charge >= 0.3 is 5.97 Å². The lowest BCUT2D eigenvalue weighted by molar-refractivity contribution is -0.160. The van der Waals surface area contributed by atoms with Crippen LogP contribution in [0.4, 0.5) is 5.82 Å². The Morgan fingerprint density at radius 3 is 2.54 bits per heavy atom. The fourth-order valence-corrected chi connectivity index (χ4v) is 6.91. The first-order chi connectivity index (χ1) is 22.7. The van der Waals surface area contributed by atoms with Gasteiger partial charge in [0.05, 0.1) is 28.6 Å². The summed E-state index contributed by atoms with van der Waals surface area (Å²) in [5.74, 6) is 0.428. The SMILES string of the molecule is Cc1cc2c(cc1Cl)-c1cccc(c1)-c1cc3nc(C)c([C@H](OC(C)(C)C)C(=O)O)c(n3n1)N1CCC(C)(CC1)OCCCC[C@H](C)O2. The molecule has 2 aromatic carbocycles. The number of aliphatic carboxylic acids is 1. The molecule has 0 spiro atoms. The average Bonchev–Trinajstić information content (AvgIpc) is 3.44. The summed E-state index contributed by atoms with van der Waals surface area (Å²) in [4.78, 5) is 20.0. The van der Waals surface area contributed by atoms with Crippen LogP contribution in [0.2, 0.25) is 5.02 Å². The Kier molecular flexibility index (Phi) is 9.50. The van der Waals surface area contributed by atoms with Gasteiger partial charge in [-0.3, -0.25) is 0 Å². The van der Waals surface area contributed by atoms with Crippen LogP contribution in [0.15, 0.2) is 42.5 Å². The fraction of sp³-hybridized carbons (Fsp3) is 0.500. The average molecular weight is 675 g/mol. The molecule has 0 amide bonds. The second kappa shape index (κ2) is 13.3. The first-order valence-electron chi connectivity index (χ1n) is 17.0. The number of benzene rings is 2. The molecule has 0 aliphatic carbocycles. The van der Waals surface area contributed by atoms with E-state index in [0.717, 1.165) is 65.8 Å². The molecule has 1 fully saturated rings. The Labute approximate surface area is 288 Å². The quantitative estimate of drug-likeness (QED) is 0.231. The van der Waals surface area contributed by atoms with Gasteiger partial charge in [-0.15, -0.1) is 0 Å². The summed E-state index contributed by atoms with van der Waals surface area (Å²) in [5.41, 5.74) is 5.23. The van der Waals surface area contributed by atoms with Gasteiger partial charge in [0, 0.05) is 47.6 Å². The number of hydrogen-bond donors (Lipinski definition) is 1. The van der Waals surface area contributed by atoms with E-state index >= 15 is 0 Å². The molecule has 0 radical (unpaired) electrons. The topological polar surface area (TPSA) is 98.4 Å². The minimum Gasteiger partial charge on any atom is -0.490 e. The number of halogens is 1. The maximum absolute atomic E-state index is 12.8. The van der Waals surface area contributed by atoms with E-state index in [1.54, 1.807) is 4.52 Å². The van der Waals surface area contributed by atoms with Gasteiger partial charge in [-0.2, -0.15) is 9.61 Å². The molecule has 1 saturated heterocycles. The first-order valence-corrected chi connectivity index (χ1v) is 17.4. The number of aromatic nitrogens is 3. The largest absolute Gasteiger partial charge is 0.490 e. The van der Waals surface area contributed by atoms with E-state index in [-0.39, 0.29) is 11.7 Å². The van der Waals surface area contributed by atoms with Crippen molar-refractivity contribution in [2.75, 3.05) is 24.6 Å². The van der Waals surface area contributed by atoms with Crippen LogP contribution in [-0.2, 0) is 14.3 Å². The summed E-state index contributed by atoms with van der Waals surface area (Å²) in [5, 5.41) is 16.3. The van der Waals surface area contributed by atoms with E-state index in [9.17, 15) is 9.90 Å². The number of aryl methyl sites for hydroxylation is 2. The predicted molar refractivity (Wildman–Crippen MR) is 189 cm³/mol. The highest BCUT2D eigenvalue weighted by molar-refractivity contribution is 6.31. The molecule has 256 valence electrons. The van der Waals surface area contributed by atoms with Gasteiger partial charge in [0.2, 0.25) is 0 Å². The van der Waals surface area contributed by atoms with Crippen molar-refractivity contribution >= 4 is 29.0 Å². The molecule has 3 aliphatic rings. The number of carbonyl (C=O) groups is 1. The standard InChI is InChI=1S/C38H47ClN4O5/c1-23-19-31-28(21-29(23)39)26-12-10-13-27(20-26)30-22-32-40-25(3)33(34(36(44)45)48-37(4,5)6)35(43(32)41-30)42-16-14-38(7,15-17-42)46-18-9-8-11-24(2)47-31/h10,12-13,19-22,24,34H,8-9,11,14-18H2,1-7H3,(H,44,45)/t24-,34-/m0/s1. The van der Waals surface area contributed by atoms with Gasteiger partial charge in [0.25, 0.3) is 0 Å². The number of anilines is 1. The van der Waals surface area contributed by atoms with Crippen molar-refractivity contribution in [2.45, 2.75) is 104 Å². The Balaban J connectivity index is 1.54. The number of piperidine rings is 1. The van der Waals surface area contributed by atoms with Crippen LogP contribution in [0, 0.1) is 13.8 Å². The van der Waals surface area contributed by atoms with Gasteiger partial charge in [0.1, 0.15) is 11.6 Å². The maximum atomic E-state index is 12.8. The van der Waals surface area contributed by atoms with Gasteiger partial charge in [-0.05, 0) is 110 Å². The molecule has 0 saturated carbocycles. The lowest BCUT2D eigenvalue weighted by atomic mass is 9.92. The number of rotatable bonds is 3. The van der Waals surface area contributed by atoms with Crippen LogP contribution < -0.4 is 9.64 Å². The van der Waals surface area contributed by atoms with Gasteiger partial charge < -0.3 is 24.2 Å². The molecule has 9 nitrogen and oxygen atoms in total. The number of ether oxygens (including phenoxy) is 3. The van der Waals surface area contributed by atoms with Crippen molar-refractivity contribution in [3.05, 3.63) is 64.3 Å². The summed E-state index contributed by atoms with van der Waals surface area (Å²) >= 11 is 6.66. The highest BCUT2D eigenvalue weighted by atomic mass is 35.5. The van der Waals surface area contributed by atoms with Crippen molar-refractivity contribution in [3.63, 3.8) is 0 Å². The number of carboxylic acids is 1. The van der Waals surface area contributed by atoms with Crippen LogP contribution in [0.25, 0.3) is 28.0 Å². The van der Waals surface area contributed by atoms with Crippen LogP contribution in [0.1, 0.15) is 89.6 Å². The van der Waals surface area contributed by atoms with Crippen molar-refractivity contribution in [1.29, 1.82) is 0 Å². The summed E-state index contributed by atoms with van der Waals surface area (Å²) in [6.45, 7) is 15.8. The van der Waals surface area contributed by atoms with E-state index in [0.29, 0.717) is 47.4 Å². The molecule has 5 heterocycles. The zero-order valence-electron chi connectivity index (χ0n) is 29.1. The molecule has 7 rings (SSSR count). The van der Waals surface area contributed by atoms with Crippen molar-refractivity contribution in [2.24, 2.45) is 0 Å². The summed E-state index contributed by atoms with van der Waals surface area (Å²) < 4.78 is 21.1. The highest BCUT2D eigenvalue weighted by Crippen LogP contribution is 2.40. The number of hydrogen-bond acceptors (Lipinski definition) is 7. The third-order valence-corrected chi connectivity index (χ3v) is 9.80. The number of carboxylic acid groups (broad SMARTS) is 1. The van der Waals surface area contributed by atoms with Gasteiger partial charge in [-0.1, -0.05) is 29.8 Å². The lowest BCUT2D eigenvalue weighted by Crippen LogP contribution is -2.46. The zero-order valence-corrected chi connectivity index (χ0v) is 29.9. The van der Waals surface area contributed by atoms with E-state index < -0.39 is 17.7 Å². The molecular formula is C38H47ClN4O5. The minimum absolute atomic E-state index is 0.0224. The number of fused-ring (bicyclic) bond motifs is 8. The molecule has 1 N–H and O–H groups in total. The second-order valence-electron chi connectivity index (χ2n) is 14.6. The van der Waals surface area contributed by atoms with Crippen LogP contribution in [0.5, 0.6) is 5.75 Å². The van der Waals surface area contributed by atoms with Crippen LogP contribution >= 0.6 is 11.6 Å². The van der Waals surface area contributed by atoms with Gasteiger partial charge in [-0.25, -0.2) is 9.78 Å². The third-order valence-electron chi connectivity index (χ3n) is 9.40. The second-order valence-corrected chi connectivity index (χ2v) is 15.0. The fourth-order valence-electron chi connectivity index (χ4n) is 6.74. The smallest absolute Gasteiger partial charge is 0.337 e. The molecule has 4 aromatic rings. The molecule has 48 heavy (non-hydrogen) atoms. The molecule has 10 heteroatoms. The van der Waals surface area contributed by atoms with Crippen molar-refractivity contribution < 1.29 is 24.1 Å². The Bertz CT molecular complexity index is 1820. The van der Waals surface area contributed by atoms with Crippen LogP contribution in [-0.4, -0.2) is 62.7 Å². The zero-order chi connectivity index (χ0) is 34.4. The van der Waals surface area contributed by atoms with Crippen molar-refractivity contribution in [1.82, 2.24) is 14.6 Å². The molecule has 0 unspecified atom stereocenters. The van der Waals surface area contributed by atoms with E-state index in [1.807, 2.05) is 65.0 Å². The molecule has 2 aromatic heterocycles. The van der Waals surface area contributed by atoms with Crippen LogP contribution in [0.3, 0.4) is 0 Å². The molecule has 2 atom stereocenters. The maximum Gasteiger partial charge on any atom is 0.337 e.